The van der Waals surface area contributed by atoms with Crippen LogP contribution in [0.5, 0.6) is 0 Å². The second-order valence-corrected chi connectivity index (χ2v) is 10.6. The maximum absolute atomic E-state index is 13.8. The third-order valence-electron chi connectivity index (χ3n) is 5.76. The third kappa shape index (κ3) is 6.44. The first-order valence-corrected chi connectivity index (χ1v) is 13.4. The maximum atomic E-state index is 13.8. The van der Waals surface area contributed by atoms with E-state index in [0.29, 0.717) is 22.8 Å². The molecule has 3 aromatic carbocycles. The second-order valence-electron chi connectivity index (χ2n) is 8.33. The quantitative estimate of drug-likeness (QED) is 0.423. The monoisotopic (exact) mass is 527 g/mol. The summed E-state index contributed by atoms with van der Waals surface area (Å²) < 4.78 is 28.6. The van der Waals surface area contributed by atoms with E-state index in [4.69, 9.17) is 11.6 Å². The second kappa shape index (κ2) is 12.1. The minimum absolute atomic E-state index is 0.0450. The summed E-state index contributed by atoms with van der Waals surface area (Å²) in [5.41, 5.74) is 1.75. The van der Waals surface area contributed by atoms with Gasteiger partial charge in [-0.2, -0.15) is 0 Å². The molecule has 1 atom stereocenters. The molecule has 3 rings (SSSR count). The van der Waals surface area contributed by atoms with Crippen molar-refractivity contribution in [3.63, 3.8) is 0 Å². The summed E-state index contributed by atoms with van der Waals surface area (Å²) in [6.07, 6.45) is 0. The predicted molar refractivity (Wildman–Crippen MR) is 142 cm³/mol. The first kappa shape index (κ1) is 27.2. The lowest BCUT2D eigenvalue weighted by atomic mass is 10.1. The molecule has 190 valence electrons. The molecule has 1 N–H and O–H groups in total. The molecule has 2 amide bonds. The highest BCUT2D eigenvalue weighted by atomic mass is 35.5. The predicted octanol–water partition coefficient (Wildman–Crippen LogP) is 4.40. The molecule has 0 heterocycles. The molecule has 7 nitrogen and oxygen atoms in total. The number of rotatable bonds is 10. The van der Waals surface area contributed by atoms with Crippen LogP contribution >= 0.6 is 11.6 Å². The smallest absolute Gasteiger partial charge is 0.264 e. The highest BCUT2D eigenvalue weighted by Crippen LogP contribution is 2.30. The lowest BCUT2D eigenvalue weighted by Gasteiger charge is -2.32. The average molecular weight is 528 g/mol. The number of anilines is 1. The van der Waals surface area contributed by atoms with Crippen molar-refractivity contribution < 1.29 is 18.0 Å². The number of likely N-dealkylation sites (N-methyl/N-ethyl adjacent to an activating group) is 1. The molecule has 0 fully saturated rings. The van der Waals surface area contributed by atoms with Crippen LogP contribution in [-0.2, 0) is 26.2 Å². The maximum Gasteiger partial charge on any atom is 0.264 e. The zero-order valence-corrected chi connectivity index (χ0v) is 22.1. The first-order chi connectivity index (χ1) is 17.1. The molecule has 3 aromatic rings. The number of carbonyl (C=O) groups excluding carboxylic acids is 2. The van der Waals surface area contributed by atoms with Gasteiger partial charge in [0.1, 0.15) is 12.6 Å². The van der Waals surface area contributed by atoms with Crippen LogP contribution in [0.15, 0.2) is 83.8 Å². The fourth-order valence-electron chi connectivity index (χ4n) is 3.77. The van der Waals surface area contributed by atoms with Gasteiger partial charge in [0, 0.05) is 18.1 Å². The van der Waals surface area contributed by atoms with E-state index >= 15 is 0 Å². The first-order valence-electron chi connectivity index (χ1n) is 11.6. The minimum atomic E-state index is -4.12. The third-order valence-corrected chi connectivity index (χ3v) is 7.77. The number of halogens is 1. The summed E-state index contributed by atoms with van der Waals surface area (Å²) in [5, 5.41) is 3.08. The summed E-state index contributed by atoms with van der Waals surface area (Å²) >= 11 is 6.22. The Morgan fingerprint density at radius 1 is 0.972 bits per heavy atom. The van der Waals surface area contributed by atoms with Crippen LogP contribution in [0, 0.1) is 6.92 Å². The molecule has 0 aromatic heterocycles. The molecule has 0 bridgehead atoms. The highest BCUT2D eigenvalue weighted by Gasteiger charge is 2.33. The average Bonchev–Trinajstić information content (AvgIpc) is 2.88. The Morgan fingerprint density at radius 3 is 2.19 bits per heavy atom. The van der Waals surface area contributed by atoms with Crippen LogP contribution in [0.4, 0.5) is 5.69 Å². The molecule has 0 saturated carbocycles. The summed E-state index contributed by atoms with van der Waals surface area (Å²) in [7, 11) is -4.12. The summed E-state index contributed by atoms with van der Waals surface area (Å²) in [6.45, 7) is 5.23. The Hall–Kier alpha value is -3.36. The topological polar surface area (TPSA) is 86.8 Å². The van der Waals surface area contributed by atoms with Gasteiger partial charge in [0.2, 0.25) is 11.8 Å². The van der Waals surface area contributed by atoms with Crippen molar-refractivity contribution in [2.24, 2.45) is 0 Å². The number of carbonyl (C=O) groups is 2. The van der Waals surface area contributed by atoms with E-state index in [1.54, 1.807) is 51.1 Å². The number of sulfonamides is 1. The number of amides is 2. The number of nitrogens with zero attached hydrogens (tertiary/aromatic N) is 2. The SMILES string of the molecule is CCNC(=O)C(C)N(Cc1ccccc1)C(=O)CN(c1cc(Cl)ccc1C)S(=O)(=O)c1ccccc1. The van der Waals surface area contributed by atoms with Crippen LogP contribution in [0.2, 0.25) is 5.02 Å². The van der Waals surface area contributed by atoms with Crippen LogP contribution in [0.25, 0.3) is 0 Å². The molecule has 1 unspecified atom stereocenters. The van der Waals surface area contributed by atoms with E-state index in [2.05, 4.69) is 5.32 Å². The molecular formula is C27H30ClN3O4S. The number of hydrogen-bond acceptors (Lipinski definition) is 4. The van der Waals surface area contributed by atoms with E-state index in [0.717, 1.165) is 9.87 Å². The molecule has 0 radical (unpaired) electrons. The molecule has 0 aliphatic heterocycles. The largest absolute Gasteiger partial charge is 0.355 e. The molecule has 0 saturated heterocycles. The normalized spacial score (nSPS) is 12.0. The van der Waals surface area contributed by atoms with Crippen molar-refractivity contribution in [3.05, 3.63) is 95.0 Å². The van der Waals surface area contributed by atoms with Gasteiger partial charge in [-0.1, -0.05) is 66.2 Å². The van der Waals surface area contributed by atoms with Gasteiger partial charge in [0.25, 0.3) is 10.0 Å². The fourth-order valence-corrected chi connectivity index (χ4v) is 5.43. The Kier molecular flexibility index (Phi) is 9.12. The zero-order chi connectivity index (χ0) is 26.3. The molecule has 0 aliphatic carbocycles. The van der Waals surface area contributed by atoms with Crippen LogP contribution in [-0.4, -0.2) is 44.3 Å². The van der Waals surface area contributed by atoms with Gasteiger partial charge in [0.05, 0.1) is 10.6 Å². The molecule has 0 aliphatic rings. The van der Waals surface area contributed by atoms with Crippen molar-refractivity contribution in [3.8, 4) is 0 Å². The van der Waals surface area contributed by atoms with Gasteiger partial charge in [-0.05, 0) is 56.2 Å². The Balaban J connectivity index is 2.05. The van der Waals surface area contributed by atoms with Crippen LogP contribution in [0.1, 0.15) is 25.0 Å². The van der Waals surface area contributed by atoms with Crippen molar-refractivity contribution >= 4 is 39.1 Å². The zero-order valence-electron chi connectivity index (χ0n) is 20.5. The Morgan fingerprint density at radius 2 is 1.58 bits per heavy atom. The van der Waals surface area contributed by atoms with E-state index in [9.17, 15) is 18.0 Å². The Labute approximate surface area is 217 Å². The van der Waals surface area contributed by atoms with Crippen molar-refractivity contribution in [2.45, 2.75) is 38.3 Å². The molecule has 36 heavy (non-hydrogen) atoms. The molecular weight excluding hydrogens is 498 g/mol. The van der Waals surface area contributed by atoms with Gasteiger partial charge in [-0.15, -0.1) is 0 Å². The van der Waals surface area contributed by atoms with Crippen molar-refractivity contribution in [1.29, 1.82) is 0 Å². The van der Waals surface area contributed by atoms with E-state index in [1.807, 2.05) is 30.3 Å². The van der Waals surface area contributed by atoms with E-state index in [1.165, 1.54) is 23.1 Å². The summed E-state index contributed by atoms with van der Waals surface area (Å²) in [6, 6.07) is 21.2. The van der Waals surface area contributed by atoms with Gasteiger partial charge < -0.3 is 10.2 Å². The number of nitrogens with one attached hydrogen (secondary N) is 1. The molecule has 0 spiro atoms. The summed E-state index contributed by atoms with van der Waals surface area (Å²) in [4.78, 5) is 27.9. The number of hydrogen-bond donors (Lipinski definition) is 1. The highest BCUT2D eigenvalue weighted by molar-refractivity contribution is 7.92. The minimum Gasteiger partial charge on any atom is -0.355 e. The lowest BCUT2D eigenvalue weighted by molar-refractivity contribution is -0.139. The van der Waals surface area contributed by atoms with Crippen molar-refractivity contribution in [2.75, 3.05) is 17.4 Å². The molecule has 9 heteroatoms. The van der Waals surface area contributed by atoms with Crippen LogP contribution in [0.3, 0.4) is 0 Å². The van der Waals surface area contributed by atoms with Gasteiger partial charge in [-0.3, -0.25) is 13.9 Å². The van der Waals surface area contributed by atoms with Gasteiger partial charge in [0.15, 0.2) is 0 Å². The standard InChI is InChI=1S/C27H30ClN3O4S/c1-4-29-27(33)21(3)30(18-22-11-7-5-8-12-22)26(32)19-31(25-17-23(28)16-15-20(25)2)36(34,35)24-13-9-6-10-14-24/h5-17,21H,4,18-19H2,1-3H3,(H,29,33). The van der Waals surface area contributed by atoms with Crippen LogP contribution < -0.4 is 9.62 Å². The Bertz CT molecular complexity index is 1300. The van der Waals surface area contributed by atoms with Gasteiger partial charge in [-0.25, -0.2) is 8.42 Å². The van der Waals surface area contributed by atoms with E-state index < -0.39 is 28.5 Å². The van der Waals surface area contributed by atoms with E-state index in [-0.39, 0.29) is 17.3 Å². The summed E-state index contributed by atoms with van der Waals surface area (Å²) in [5.74, 6) is -0.838. The lowest BCUT2D eigenvalue weighted by Crippen LogP contribution is -2.51. The van der Waals surface area contributed by atoms with Crippen molar-refractivity contribution in [1.82, 2.24) is 10.2 Å². The number of aryl methyl sites for hydroxylation is 1. The fraction of sp³-hybridized carbons (Fsp3) is 0.259. The van der Waals surface area contributed by atoms with Gasteiger partial charge >= 0.3 is 0 Å². The number of benzene rings is 3.